The number of nitrogens with two attached hydrogens (primary N) is 1. The van der Waals surface area contributed by atoms with Crippen LogP contribution in [0.1, 0.15) is 54.6 Å². The minimum atomic E-state index is -0.245. The van der Waals surface area contributed by atoms with E-state index in [9.17, 15) is 5.26 Å². The number of nitrogens with zero attached hydrogens (tertiary/aromatic N) is 3. The van der Waals surface area contributed by atoms with Gasteiger partial charge in [-0.25, -0.2) is 0 Å². The van der Waals surface area contributed by atoms with Crippen LogP contribution in [0, 0.1) is 48.4 Å². The molecule has 0 saturated heterocycles. The average Bonchev–Trinajstić information content (AvgIpc) is 3.71. The smallest absolute Gasteiger partial charge is 0.0991 e. The first-order valence-electron chi connectivity index (χ1n) is 20.0. The van der Waals surface area contributed by atoms with Crippen LogP contribution in [0.2, 0.25) is 0 Å². The Morgan fingerprint density at radius 3 is 2.51 bits per heavy atom. The van der Waals surface area contributed by atoms with Crippen molar-refractivity contribution < 1.29 is 0 Å². The third-order valence-electron chi connectivity index (χ3n) is 11.4. The van der Waals surface area contributed by atoms with Gasteiger partial charge in [0.2, 0.25) is 0 Å². The summed E-state index contributed by atoms with van der Waals surface area (Å²) in [5.74, 6) is 4.04. The molecule has 1 heterocycles. The van der Waals surface area contributed by atoms with Crippen molar-refractivity contribution in [3.8, 4) is 35.2 Å². The van der Waals surface area contributed by atoms with Gasteiger partial charge in [0, 0.05) is 41.9 Å². The first-order valence-corrected chi connectivity index (χ1v) is 20.0. The molecule has 5 aromatic rings. The highest BCUT2D eigenvalue weighted by atomic mass is 15.2. The predicted octanol–water partition coefficient (Wildman–Crippen LogP) is 11.9. The van der Waals surface area contributed by atoms with E-state index in [-0.39, 0.29) is 6.17 Å². The lowest BCUT2D eigenvalue weighted by Gasteiger charge is -2.29. The zero-order chi connectivity index (χ0) is 40.3. The second-order valence-corrected chi connectivity index (χ2v) is 15.0. The molecule has 4 nitrogen and oxygen atoms in total. The van der Waals surface area contributed by atoms with Crippen LogP contribution in [0.3, 0.4) is 0 Å². The molecule has 57 heavy (non-hydrogen) atoms. The van der Waals surface area contributed by atoms with Crippen LogP contribution in [-0.2, 0) is 12.8 Å². The maximum absolute atomic E-state index is 9.82. The largest absolute Gasteiger partial charge is 0.359 e. The molecule has 0 radical (unpaired) electrons. The van der Waals surface area contributed by atoms with Crippen molar-refractivity contribution in [1.82, 2.24) is 9.47 Å². The fourth-order valence-electron chi connectivity index (χ4n) is 8.41. The predicted molar refractivity (Wildman–Crippen MR) is 241 cm³/mol. The minimum Gasteiger partial charge on any atom is -0.359 e. The standard InChI is InChI=1S/C53H54N4/c1-7-10-11-12-16-29-53(55)56(6)51(42-22-14-13-15-23-42)31-30-40-33-45(43-24-19-21-41(34-43)37-54)36-46(35-40)57-50(39(5)49-26-17-18-27-52(49)57)28-20-25-44-32-38(4)47(8-2)48(44)9-3/h1,9-27,31-36,38,47-48,53H,3,8,28-30,55H2,2,4-6H3/b11-10-,16-12-,25-20-,51-31-. The molecule has 4 unspecified atom stereocenters. The van der Waals surface area contributed by atoms with E-state index in [4.69, 9.17) is 12.2 Å². The van der Waals surface area contributed by atoms with E-state index >= 15 is 0 Å². The second kappa shape index (κ2) is 19.0. The Balaban J connectivity index is 1.45. The second-order valence-electron chi connectivity index (χ2n) is 15.0. The highest BCUT2D eigenvalue weighted by Gasteiger charge is 2.30. The van der Waals surface area contributed by atoms with Crippen LogP contribution < -0.4 is 5.73 Å². The summed E-state index contributed by atoms with van der Waals surface area (Å²) in [6.45, 7) is 11.1. The van der Waals surface area contributed by atoms with Gasteiger partial charge < -0.3 is 15.2 Å². The quantitative estimate of drug-likeness (QED) is 0.0502. The number of benzene rings is 4. The van der Waals surface area contributed by atoms with Gasteiger partial charge in [-0.1, -0.05) is 142 Å². The van der Waals surface area contributed by atoms with Crippen molar-refractivity contribution >= 4 is 16.6 Å². The minimum absolute atomic E-state index is 0.245. The van der Waals surface area contributed by atoms with Crippen molar-refractivity contribution in [2.45, 2.75) is 52.6 Å². The van der Waals surface area contributed by atoms with Gasteiger partial charge in [-0.3, -0.25) is 0 Å². The zero-order valence-electron chi connectivity index (χ0n) is 33.8. The first-order chi connectivity index (χ1) is 27.8. The summed E-state index contributed by atoms with van der Waals surface area (Å²) in [7, 11) is 2.06. The number of hydrogen-bond donors (Lipinski definition) is 1. The van der Waals surface area contributed by atoms with Gasteiger partial charge in [0.1, 0.15) is 0 Å². The molecular formula is C53H54N4. The van der Waals surface area contributed by atoms with Crippen LogP contribution in [0.15, 0.2) is 164 Å². The molecule has 4 aromatic carbocycles. The molecule has 4 heteroatoms. The summed E-state index contributed by atoms with van der Waals surface area (Å²) in [5.41, 5.74) is 19.0. The molecule has 2 N–H and O–H groups in total. The molecular weight excluding hydrogens is 693 g/mol. The number of allylic oxidation sites excluding steroid dienone is 9. The van der Waals surface area contributed by atoms with Gasteiger partial charge >= 0.3 is 0 Å². The van der Waals surface area contributed by atoms with E-state index in [2.05, 4.69) is 159 Å². The normalized spacial score (nSPS) is 17.6. The molecule has 6 rings (SSSR count). The highest BCUT2D eigenvalue weighted by molar-refractivity contribution is 5.87. The van der Waals surface area contributed by atoms with Gasteiger partial charge in [-0.05, 0) is 101 Å². The number of fused-ring (bicyclic) bond motifs is 1. The summed E-state index contributed by atoms with van der Waals surface area (Å²) in [4.78, 5) is 2.15. The lowest BCUT2D eigenvalue weighted by atomic mass is 9.85. The molecule has 0 aliphatic heterocycles. The maximum atomic E-state index is 9.82. The molecule has 1 aliphatic carbocycles. The molecule has 0 fully saturated rings. The molecule has 0 amide bonds. The van der Waals surface area contributed by atoms with Gasteiger partial charge in [0.25, 0.3) is 0 Å². The third kappa shape index (κ3) is 9.22. The Morgan fingerprint density at radius 2 is 1.75 bits per heavy atom. The summed E-state index contributed by atoms with van der Waals surface area (Å²) < 4.78 is 2.44. The lowest BCUT2D eigenvalue weighted by molar-refractivity contribution is 0.357. The fraction of sp³-hybridized carbons (Fsp3) is 0.226. The van der Waals surface area contributed by atoms with Crippen molar-refractivity contribution in [2.75, 3.05) is 7.05 Å². The Labute approximate surface area is 340 Å². The van der Waals surface area contributed by atoms with Crippen molar-refractivity contribution in [3.63, 3.8) is 0 Å². The fourth-order valence-corrected chi connectivity index (χ4v) is 8.41. The monoisotopic (exact) mass is 746 g/mol. The number of para-hydroxylation sites is 1. The van der Waals surface area contributed by atoms with Gasteiger partial charge in [0.15, 0.2) is 0 Å². The molecule has 0 saturated carbocycles. The Morgan fingerprint density at radius 1 is 0.965 bits per heavy atom. The van der Waals surface area contributed by atoms with Crippen molar-refractivity contribution in [2.24, 2.45) is 23.5 Å². The zero-order valence-corrected chi connectivity index (χ0v) is 33.8. The number of nitriles is 1. The van der Waals surface area contributed by atoms with Crippen LogP contribution in [0.5, 0.6) is 0 Å². The third-order valence-corrected chi connectivity index (χ3v) is 11.4. The van der Waals surface area contributed by atoms with E-state index in [0.717, 1.165) is 46.5 Å². The molecule has 0 bridgehead atoms. The Hall–Kier alpha value is -6.33. The van der Waals surface area contributed by atoms with Gasteiger partial charge in [0.05, 0.1) is 23.3 Å². The van der Waals surface area contributed by atoms with E-state index in [1.54, 1.807) is 6.08 Å². The summed E-state index contributed by atoms with van der Waals surface area (Å²) in [5, 5.41) is 11.1. The van der Waals surface area contributed by atoms with Crippen molar-refractivity contribution in [3.05, 3.63) is 192 Å². The number of rotatable bonds is 15. The maximum Gasteiger partial charge on any atom is 0.0991 e. The number of terminal acetylenes is 1. The van der Waals surface area contributed by atoms with E-state index < -0.39 is 0 Å². The summed E-state index contributed by atoms with van der Waals surface area (Å²) in [6.07, 6.45) is 27.4. The molecule has 286 valence electrons. The van der Waals surface area contributed by atoms with E-state index in [0.29, 0.717) is 36.2 Å². The number of aryl methyl sites for hydroxylation is 1. The van der Waals surface area contributed by atoms with E-state index in [1.807, 2.05) is 42.5 Å². The molecule has 1 aliphatic rings. The Bertz CT molecular complexity index is 2440. The van der Waals surface area contributed by atoms with Crippen molar-refractivity contribution in [1.29, 1.82) is 5.26 Å². The Kier molecular flexibility index (Phi) is 13.5. The van der Waals surface area contributed by atoms with Gasteiger partial charge in [-0.15, -0.1) is 13.0 Å². The number of hydrogen-bond acceptors (Lipinski definition) is 3. The van der Waals surface area contributed by atoms with Crippen LogP contribution >= 0.6 is 0 Å². The highest BCUT2D eigenvalue weighted by Crippen LogP contribution is 2.40. The summed E-state index contributed by atoms with van der Waals surface area (Å²) in [6, 6.07) is 36.2. The SMILES string of the molecule is C#C/C=C\C=C/CC(N)N(C)/C(=C\Cc1cc(-c2cccc(C#N)c2)cc(-n2c(C/C=C\C3=CC(C)C(CC)C3C=C)c(C)c3ccccc32)c1)c1ccccc1. The average molecular weight is 747 g/mol. The topological polar surface area (TPSA) is 58.0 Å². The molecule has 1 aromatic heterocycles. The van der Waals surface area contributed by atoms with Crippen LogP contribution in [-0.4, -0.2) is 22.7 Å². The van der Waals surface area contributed by atoms with Crippen LogP contribution in [0.4, 0.5) is 0 Å². The molecule has 0 spiro atoms. The summed E-state index contributed by atoms with van der Waals surface area (Å²) >= 11 is 0. The van der Waals surface area contributed by atoms with Crippen LogP contribution in [0.25, 0.3) is 33.4 Å². The van der Waals surface area contributed by atoms with Gasteiger partial charge in [-0.2, -0.15) is 5.26 Å². The first kappa shape index (κ1) is 40.3. The molecule has 4 atom stereocenters. The number of aromatic nitrogens is 1. The lowest BCUT2D eigenvalue weighted by Crippen LogP contribution is -2.37. The van der Waals surface area contributed by atoms with E-state index in [1.165, 1.54) is 27.7 Å².